The normalized spacial score (nSPS) is 11.2. The average Bonchev–Trinajstić information content (AvgIpc) is 3.29. The second-order valence-electron chi connectivity index (χ2n) is 13.0. The van der Waals surface area contributed by atoms with Crippen LogP contribution in [0.5, 0.6) is 23.0 Å². The van der Waals surface area contributed by atoms with Crippen LogP contribution in [0.25, 0.3) is 0 Å². The first-order valence-corrected chi connectivity index (χ1v) is 19.2. The van der Waals surface area contributed by atoms with Crippen molar-refractivity contribution in [1.82, 2.24) is 0 Å². The van der Waals surface area contributed by atoms with E-state index in [0.29, 0.717) is 60.3 Å². The number of nitrogens with zero attached hydrogens (tertiary/aromatic N) is 10. The van der Waals surface area contributed by atoms with E-state index in [1.54, 1.807) is 46.2 Å². The predicted octanol–water partition coefficient (Wildman–Crippen LogP) is 9.44. The number of aliphatic hydroxyl groups is 4. The van der Waals surface area contributed by atoms with Crippen LogP contribution in [0, 0.1) is 0 Å². The molecule has 6 aromatic carbocycles. The van der Waals surface area contributed by atoms with Gasteiger partial charge >= 0.3 is 0 Å². The zero-order chi connectivity index (χ0) is 44.1. The van der Waals surface area contributed by atoms with Crippen LogP contribution in [0.15, 0.2) is 174 Å². The van der Waals surface area contributed by atoms with Crippen LogP contribution >= 0.6 is 0 Å². The van der Waals surface area contributed by atoms with Crippen molar-refractivity contribution in [3.8, 4) is 23.0 Å². The summed E-state index contributed by atoms with van der Waals surface area (Å²) in [6.07, 6.45) is 0. The van der Waals surface area contributed by atoms with Crippen molar-refractivity contribution >= 4 is 56.9 Å². The Morgan fingerprint density at radius 1 is 0.317 bits per heavy atom. The van der Waals surface area contributed by atoms with E-state index >= 15 is 0 Å². The first kappa shape index (κ1) is 48.5. The first-order chi connectivity index (χ1) is 30.2. The van der Waals surface area contributed by atoms with Gasteiger partial charge in [-0.1, -0.05) is 36.4 Å². The number of azo groups is 4. The Balaban J connectivity index is 0.000000272. The van der Waals surface area contributed by atoms with Crippen LogP contribution in [0.2, 0.25) is 0 Å². The van der Waals surface area contributed by atoms with Crippen molar-refractivity contribution in [3.05, 3.63) is 133 Å². The third-order valence-corrected chi connectivity index (χ3v) is 8.65. The van der Waals surface area contributed by atoms with Gasteiger partial charge < -0.3 is 50.7 Å². The monoisotopic (exact) mass is 901 g/mol. The second kappa shape index (κ2) is 25.6. The molecule has 6 aromatic rings. The largest absolute Gasteiger partial charge is 0.506 e. The van der Waals surface area contributed by atoms with Crippen molar-refractivity contribution < 1.29 is 57.6 Å². The summed E-state index contributed by atoms with van der Waals surface area (Å²) in [6, 6.07) is 37.1. The molecule has 0 heterocycles. The molecule has 0 saturated heterocycles. The molecule has 0 aliphatic carbocycles. The SMILES string of the molecule is OCCN(CCO)c1ccc(N=Nc2cc(N=Nc3ccccc3)ccc2O)c(O)c1.OCCN(CCO)c1ccc(N=Nc2cc(N=Nc3ccccc3)ccc2O)c(O)c1.[Co]. The molecule has 8 N–H and O–H groups in total. The number of aliphatic hydroxyl groups excluding tert-OH is 4. The predicted molar refractivity (Wildman–Crippen MR) is 235 cm³/mol. The van der Waals surface area contributed by atoms with Crippen LogP contribution in [0.4, 0.5) is 56.9 Å². The van der Waals surface area contributed by atoms with Crippen LogP contribution in [0.3, 0.4) is 0 Å². The standard InChI is InChI=1S/2C22H23N5O4.Co/c2*28-12-10-27(11-13-29)18-7-8-19(22(31)15-18)25-26-20-14-17(6-9-21(20)30)24-23-16-4-2-1-3-5-16;/h2*1-9,14-15,28-31H,10-13H2;. The molecular weight excluding hydrogens is 855 g/mol. The molecule has 19 heteroatoms. The molecule has 0 saturated carbocycles. The summed E-state index contributed by atoms with van der Waals surface area (Å²) in [5.41, 5.74) is 4.37. The molecule has 0 amide bonds. The third kappa shape index (κ3) is 15.1. The van der Waals surface area contributed by atoms with E-state index < -0.39 is 0 Å². The third-order valence-electron chi connectivity index (χ3n) is 8.65. The number of hydrogen-bond acceptors (Lipinski definition) is 18. The summed E-state index contributed by atoms with van der Waals surface area (Å²) in [5, 5.41) is 110. The summed E-state index contributed by atoms with van der Waals surface area (Å²) in [6.45, 7) is 0.939. The van der Waals surface area contributed by atoms with E-state index in [2.05, 4.69) is 40.9 Å². The molecule has 0 atom stereocenters. The fourth-order valence-electron chi connectivity index (χ4n) is 5.55. The van der Waals surface area contributed by atoms with Gasteiger partial charge in [0, 0.05) is 66.5 Å². The van der Waals surface area contributed by atoms with Crippen molar-refractivity contribution in [3.63, 3.8) is 0 Å². The Labute approximate surface area is 373 Å². The van der Waals surface area contributed by atoms with Gasteiger partial charge in [-0.05, 0) is 84.9 Å². The van der Waals surface area contributed by atoms with E-state index in [1.807, 2.05) is 60.7 Å². The maximum absolute atomic E-state index is 10.3. The quantitative estimate of drug-likeness (QED) is 0.0379. The van der Waals surface area contributed by atoms with Gasteiger partial charge in [0.25, 0.3) is 0 Å². The molecule has 0 aliphatic rings. The van der Waals surface area contributed by atoms with E-state index in [0.717, 1.165) is 0 Å². The molecule has 1 radical (unpaired) electrons. The number of hydrogen-bond donors (Lipinski definition) is 8. The van der Waals surface area contributed by atoms with Gasteiger partial charge in [0.15, 0.2) is 0 Å². The molecule has 18 nitrogen and oxygen atoms in total. The Kier molecular flexibility index (Phi) is 19.7. The van der Waals surface area contributed by atoms with Crippen molar-refractivity contribution in [2.75, 3.05) is 62.4 Å². The fourth-order valence-corrected chi connectivity index (χ4v) is 5.55. The molecular formula is C44H46CoN10O8. The van der Waals surface area contributed by atoms with Crippen LogP contribution in [-0.4, -0.2) is 93.5 Å². The Bertz CT molecular complexity index is 2280. The zero-order valence-corrected chi connectivity index (χ0v) is 34.8. The molecule has 0 aromatic heterocycles. The minimum Gasteiger partial charge on any atom is -0.506 e. The van der Waals surface area contributed by atoms with Crippen LogP contribution in [0.1, 0.15) is 0 Å². The summed E-state index contributed by atoms with van der Waals surface area (Å²) in [7, 11) is 0. The number of phenolic OH excluding ortho intramolecular Hbond substituents is 4. The Morgan fingerprint density at radius 2 is 0.651 bits per heavy atom. The molecule has 63 heavy (non-hydrogen) atoms. The smallest absolute Gasteiger partial charge is 0.145 e. The number of phenols is 4. The van der Waals surface area contributed by atoms with Gasteiger partial charge in [-0.15, -0.1) is 20.5 Å². The van der Waals surface area contributed by atoms with E-state index in [-0.39, 0.29) is 89.0 Å². The number of benzene rings is 6. The maximum Gasteiger partial charge on any atom is 0.145 e. The summed E-state index contributed by atoms with van der Waals surface area (Å²) in [5.74, 6) is -0.422. The number of aromatic hydroxyl groups is 4. The molecule has 6 rings (SSSR count). The minimum atomic E-state index is -0.124. The van der Waals surface area contributed by atoms with Crippen molar-refractivity contribution in [2.24, 2.45) is 40.9 Å². The molecule has 0 bridgehead atoms. The first-order valence-electron chi connectivity index (χ1n) is 19.2. The number of anilines is 2. The van der Waals surface area contributed by atoms with Crippen LogP contribution < -0.4 is 9.80 Å². The van der Waals surface area contributed by atoms with E-state index in [4.69, 9.17) is 20.4 Å². The van der Waals surface area contributed by atoms with Gasteiger partial charge in [-0.2, -0.15) is 20.5 Å². The molecule has 0 fully saturated rings. The Morgan fingerprint density at radius 3 is 0.984 bits per heavy atom. The van der Waals surface area contributed by atoms with Crippen molar-refractivity contribution in [1.29, 1.82) is 0 Å². The second-order valence-corrected chi connectivity index (χ2v) is 13.0. The average molecular weight is 902 g/mol. The van der Waals surface area contributed by atoms with E-state index in [9.17, 15) is 20.4 Å². The molecule has 0 spiro atoms. The van der Waals surface area contributed by atoms with E-state index in [1.165, 1.54) is 36.4 Å². The van der Waals surface area contributed by atoms with Gasteiger partial charge in [0.1, 0.15) is 45.7 Å². The Hall–Kier alpha value is -7.13. The fraction of sp³-hybridized carbons (Fsp3) is 0.182. The van der Waals surface area contributed by atoms with Gasteiger partial charge in [0.05, 0.1) is 49.2 Å². The topological polar surface area (TPSA) is 267 Å². The zero-order valence-electron chi connectivity index (χ0n) is 33.7. The molecule has 0 aliphatic heterocycles. The maximum atomic E-state index is 10.3. The number of rotatable bonds is 18. The van der Waals surface area contributed by atoms with Gasteiger partial charge in [0.2, 0.25) is 0 Å². The summed E-state index contributed by atoms with van der Waals surface area (Å²) >= 11 is 0. The van der Waals surface area contributed by atoms with Gasteiger partial charge in [-0.25, -0.2) is 0 Å². The van der Waals surface area contributed by atoms with Gasteiger partial charge in [-0.3, -0.25) is 0 Å². The minimum absolute atomic E-state index is 0. The molecule has 0 unspecified atom stereocenters. The summed E-state index contributed by atoms with van der Waals surface area (Å²) < 4.78 is 0. The molecule has 329 valence electrons. The summed E-state index contributed by atoms with van der Waals surface area (Å²) in [4.78, 5) is 3.46. The van der Waals surface area contributed by atoms with Crippen molar-refractivity contribution in [2.45, 2.75) is 0 Å². The van der Waals surface area contributed by atoms with Crippen LogP contribution in [-0.2, 0) is 16.8 Å².